The maximum absolute atomic E-state index is 12.5. The Morgan fingerprint density at radius 1 is 1.35 bits per heavy atom. The van der Waals surface area contributed by atoms with E-state index >= 15 is 0 Å². The van der Waals surface area contributed by atoms with Gasteiger partial charge in [-0.2, -0.15) is 0 Å². The second-order valence-corrected chi connectivity index (χ2v) is 7.33. The monoisotopic (exact) mass is 375 g/mol. The number of thiazole rings is 1. The van der Waals surface area contributed by atoms with Gasteiger partial charge in [0.1, 0.15) is 0 Å². The maximum Gasteiger partial charge on any atom is 0.233 e. The number of anilines is 1. The van der Waals surface area contributed by atoms with Gasteiger partial charge in [-0.05, 0) is 32.4 Å². The van der Waals surface area contributed by atoms with Crippen molar-refractivity contribution in [3.05, 3.63) is 34.7 Å². The number of hydroxylamine groups is 2. The second-order valence-electron chi connectivity index (χ2n) is 6.47. The minimum absolute atomic E-state index is 0.0232. The van der Waals surface area contributed by atoms with Gasteiger partial charge in [-0.1, -0.05) is 37.0 Å². The molecule has 0 saturated heterocycles. The number of hydrogen-bond donors (Lipinski definition) is 2. The molecule has 0 spiro atoms. The zero-order valence-corrected chi connectivity index (χ0v) is 16.2. The molecule has 7 heteroatoms. The molecule has 2 aromatic rings. The molecule has 2 amide bonds. The van der Waals surface area contributed by atoms with E-state index in [2.05, 4.69) is 28.5 Å². The summed E-state index contributed by atoms with van der Waals surface area (Å²) in [6.07, 6.45) is 2.69. The molecule has 1 aromatic carbocycles. The smallest absolute Gasteiger partial charge is 0.233 e. The fourth-order valence-electron chi connectivity index (χ4n) is 2.82. The van der Waals surface area contributed by atoms with Crippen molar-refractivity contribution in [3.63, 3.8) is 0 Å². The molecule has 2 N–H and O–H groups in total. The first-order valence-corrected chi connectivity index (χ1v) is 9.56. The van der Waals surface area contributed by atoms with Gasteiger partial charge in [0, 0.05) is 10.9 Å². The molecule has 0 aliphatic carbocycles. The number of carbonyl (C=O) groups excluding carboxylic acids is 2. The van der Waals surface area contributed by atoms with Crippen molar-refractivity contribution >= 4 is 28.8 Å². The van der Waals surface area contributed by atoms with Crippen molar-refractivity contribution in [2.24, 2.45) is 5.92 Å². The first-order valence-electron chi connectivity index (χ1n) is 8.68. The Bertz CT molecular complexity index is 740. The molecule has 1 heterocycles. The highest BCUT2D eigenvalue weighted by molar-refractivity contribution is 7.14. The Labute approximate surface area is 157 Å². The summed E-state index contributed by atoms with van der Waals surface area (Å²) in [5.74, 6) is -0.709. The zero-order chi connectivity index (χ0) is 19.1. The third-order valence-corrected chi connectivity index (χ3v) is 4.82. The van der Waals surface area contributed by atoms with Crippen LogP contribution < -0.4 is 5.32 Å². The molecule has 0 radical (unpaired) electrons. The number of rotatable bonds is 9. The van der Waals surface area contributed by atoms with E-state index in [1.54, 1.807) is 0 Å². The average Bonchev–Trinajstić information content (AvgIpc) is 3.05. The van der Waals surface area contributed by atoms with Gasteiger partial charge in [-0.15, -0.1) is 11.3 Å². The molecule has 0 aliphatic rings. The summed E-state index contributed by atoms with van der Waals surface area (Å²) in [6.45, 7) is 6.09. The minimum atomic E-state index is -0.473. The van der Waals surface area contributed by atoms with Crippen LogP contribution in [0, 0.1) is 19.8 Å². The normalized spacial score (nSPS) is 11.8. The molecule has 6 nitrogen and oxygen atoms in total. The van der Waals surface area contributed by atoms with E-state index in [9.17, 15) is 14.8 Å². The van der Waals surface area contributed by atoms with Crippen LogP contribution in [0.25, 0.3) is 11.3 Å². The van der Waals surface area contributed by atoms with Crippen molar-refractivity contribution in [2.75, 3.05) is 11.9 Å². The van der Waals surface area contributed by atoms with Gasteiger partial charge in [0.05, 0.1) is 18.2 Å². The third kappa shape index (κ3) is 5.64. The van der Waals surface area contributed by atoms with Gasteiger partial charge in [0.15, 0.2) is 5.13 Å². The van der Waals surface area contributed by atoms with Crippen LogP contribution >= 0.6 is 11.3 Å². The highest BCUT2D eigenvalue weighted by atomic mass is 32.1. The fourth-order valence-corrected chi connectivity index (χ4v) is 3.54. The standard InChI is InChI=1S/C19H25N3O3S/c1-4-5-6-15(10-22(25)12-23)18(24)21-19-20-17(11-26-19)16-8-13(2)7-14(3)9-16/h7-9,11-12,15,25H,4-6,10H2,1-3H3,(H,20,21,24). The Kier molecular flexibility index (Phi) is 7.29. The fraction of sp³-hybridized carbons (Fsp3) is 0.421. The van der Waals surface area contributed by atoms with E-state index < -0.39 is 5.92 Å². The van der Waals surface area contributed by atoms with Crippen LogP contribution in [-0.2, 0) is 9.59 Å². The van der Waals surface area contributed by atoms with E-state index in [0.717, 1.165) is 35.2 Å². The number of benzene rings is 1. The van der Waals surface area contributed by atoms with Crippen LogP contribution in [0.4, 0.5) is 5.13 Å². The van der Waals surface area contributed by atoms with Crippen LogP contribution in [0.5, 0.6) is 0 Å². The number of hydrogen-bond acceptors (Lipinski definition) is 5. The second kappa shape index (κ2) is 9.45. The van der Waals surface area contributed by atoms with Gasteiger partial charge < -0.3 is 5.32 Å². The predicted octanol–water partition coefficient (Wildman–Crippen LogP) is 4.02. The molecule has 0 aliphatic heterocycles. The zero-order valence-electron chi connectivity index (χ0n) is 15.4. The van der Waals surface area contributed by atoms with Crippen LogP contribution in [0.1, 0.15) is 37.3 Å². The number of aryl methyl sites for hydroxylation is 2. The lowest BCUT2D eigenvalue weighted by molar-refractivity contribution is -0.153. The topological polar surface area (TPSA) is 82.5 Å². The average molecular weight is 375 g/mol. The Balaban J connectivity index is 2.10. The molecule has 0 saturated carbocycles. The summed E-state index contributed by atoms with van der Waals surface area (Å²) < 4.78 is 0. The quantitative estimate of drug-likeness (QED) is 0.394. The van der Waals surface area contributed by atoms with Crippen molar-refractivity contribution in [1.29, 1.82) is 0 Å². The number of nitrogens with one attached hydrogen (secondary N) is 1. The SMILES string of the molecule is CCCCC(CN(O)C=O)C(=O)Nc1nc(-c2cc(C)cc(C)c2)cs1. The number of aromatic nitrogens is 1. The highest BCUT2D eigenvalue weighted by Gasteiger charge is 2.21. The van der Waals surface area contributed by atoms with Crippen LogP contribution in [0.15, 0.2) is 23.6 Å². The summed E-state index contributed by atoms with van der Waals surface area (Å²) >= 11 is 1.36. The van der Waals surface area contributed by atoms with Crippen LogP contribution in [0.2, 0.25) is 0 Å². The lowest BCUT2D eigenvalue weighted by Crippen LogP contribution is -2.33. The summed E-state index contributed by atoms with van der Waals surface area (Å²) in [5, 5.41) is 15.2. The Hall–Kier alpha value is -2.25. The first-order chi connectivity index (χ1) is 12.4. The number of amides is 2. The minimum Gasteiger partial charge on any atom is -0.302 e. The Morgan fingerprint density at radius 3 is 2.65 bits per heavy atom. The van der Waals surface area contributed by atoms with Gasteiger partial charge >= 0.3 is 0 Å². The van der Waals surface area contributed by atoms with Crippen LogP contribution in [-0.4, -0.2) is 34.1 Å². The summed E-state index contributed by atoms with van der Waals surface area (Å²) in [5.41, 5.74) is 4.16. The maximum atomic E-state index is 12.5. The molecule has 0 fully saturated rings. The molecule has 140 valence electrons. The van der Waals surface area contributed by atoms with Gasteiger partial charge in [-0.25, -0.2) is 10.0 Å². The highest BCUT2D eigenvalue weighted by Crippen LogP contribution is 2.27. The van der Waals surface area contributed by atoms with Crippen molar-refractivity contribution < 1.29 is 14.8 Å². The molecule has 0 bridgehead atoms. The van der Waals surface area contributed by atoms with E-state index in [4.69, 9.17) is 0 Å². The lowest BCUT2D eigenvalue weighted by atomic mass is 10.0. The largest absolute Gasteiger partial charge is 0.302 e. The number of unbranched alkanes of at least 4 members (excludes halogenated alkanes) is 1. The predicted molar refractivity (Wildman–Crippen MR) is 103 cm³/mol. The molecular formula is C19H25N3O3S. The number of nitrogens with zero attached hydrogens (tertiary/aromatic N) is 2. The summed E-state index contributed by atoms with van der Waals surface area (Å²) in [7, 11) is 0. The van der Waals surface area contributed by atoms with Crippen molar-refractivity contribution in [2.45, 2.75) is 40.0 Å². The van der Waals surface area contributed by atoms with E-state index in [0.29, 0.717) is 23.0 Å². The van der Waals surface area contributed by atoms with Crippen LogP contribution in [0.3, 0.4) is 0 Å². The number of carbonyl (C=O) groups is 2. The lowest BCUT2D eigenvalue weighted by Gasteiger charge is -2.18. The third-order valence-electron chi connectivity index (χ3n) is 4.06. The molecule has 26 heavy (non-hydrogen) atoms. The van der Waals surface area contributed by atoms with Crippen molar-refractivity contribution in [3.8, 4) is 11.3 Å². The van der Waals surface area contributed by atoms with Gasteiger partial charge in [0.2, 0.25) is 12.3 Å². The molecule has 1 atom stereocenters. The van der Waals surface area contributed by atoms with Gasteiger partial charge in [0.25, 0.3) is 0 Å². The molecule has 2 rings (SSSR count). The van der Waals surface area contributed by atoms with E-state index in [1.807, 2.05) is 26.2 Å². The van der Waals surface area contributed by atoms with E-state index in [1.165, 1.54) is 11.3 Å². The summed E-state index contributed by atoms with van der Waals surface area (Å²) in [6, 6.07) is 6.22. The van der Waals surface area contributed by atoms with Gasteiger partial charge in [-0.3, -0.25) is 14.8 Å². The molecular weight excluding hydrogens is 350 g/mol. The van der Waals surface area contributed by atoms with E-state index in [-0.39, 0.29) is 12.5 Å². The first kappa shape index (κ1) is 20.1. The Morgan fingerprint density at radius 2 is 2.04 bits per heavy atom. The summed E-state index contributed by atoms with van der Waals surface area (Å²) in [4.78, 5) is 27.7. The molecule has 1 unspecified atom stereocenters. The van der Waals surface area contributed by atoms with Crippen molar-refractivity contribution in [1.82, 2.24) is 10.0 Å². The molecule has 1 aromatic heterocycles.